The molecule has 0 amide bonds. The molecule has 4 heteroatoms. The van der Waals surface area contributed by atoms with Crippen molar-refractivity contribution >= 4 is 0 Å². The van der Waals surface area contributed by atoms with E-state index in [1.807, 2.05) is 30.1 Å². The van der Waals surface area contributed by atoms with E-state index in [0.29, 0.717) is 6.04 Å². The van der Waals surface area contributed by atoms with E-state index in [9.17, 15) is 0 Å². The standard InChI is InChI=1S/C16H21N3O/c1-16(2)10-14(13-6-4-5-7-15(13)20-16)17-11-12-8-9-18-19(12)3/h4-9,14,17H,10-11H2,1-3H3. The first-order chi connectivity index (χ1) is 9.55. The number of aryl methyl sites for hydroxylation is 1. The molecule has 0 aliphatic carbocycles. The number of fused-ring (bicyclic) bond motifs is 1. The van der Waals surface area contributed by atoms with Gasteiger partial charge in [0.05, 0.1) is 5.69 Å². The molecular formula is C16H21N3O. The van der Waals surface area contributed by atoms with Crippen LogP contribution in [0.2, 0.25) is 0 Å². The van der Waals surface area contributed by atoms with Gasteiger partial charge in [0, 0.05) is 37.8 Å². The van der Waals surface area contributed by atoms with E-state index in [1.54, 1.807) is 0 Å². The van der Waals surface area contributed by atoms with Gasteiger partial charge >= 0.3 is 0 Å². The van der Waals surface area contributed by atoms with Gasteiger partial charge in [-0.15, -0.1) is 0 Å². The number of nitrogens with one attached hydrogen (secondary N) is 1. The van der Waals surface area contributed by atoms with Crippen LogP contribution in [0.5, 0.6) is 5.75 Å². The van der Waals surface area contributed by atoms with Crippen molar-refractivity contribution in [3.63, 3.8) is 0 Å². The zero-order chi connectivity index (χ0) is 14.2. The van der Waals surface area contributed by atoms with Crippen LogP contribution >= 0.6 is 0 Å². The van der Waals surface area contributed by atoms with Gasteiger partial charge in [0.15, 0.2) is 0 Å². The molecular weight excluding hydrogens is 250 g/mol. The zero-order valence-electron chi connectivity index (χ0n) is 12.3. The Morgan fingerprint density at radius 1 is 1.35 bits per heavy atom. The molecule has 1 aromatic heterocycles. The highest BCUT2D eigenvalue weighted by Crippen LogP contribution is 2.39. The van der Waals surface area contributed by atoms with E-state index >= 15 is 0 Å². The summed E-state index contributed by atoms with van der Waals surface area (Å²) in [6, 6.07) is 10.6. The molecule has 0 fully saturated rings. The molecule has 1 aromatic carbocycles. The molecule has 0 radical (unpaired) electrons. The van der Waals surface area contributed by atoms with Gasteiger partial charge in [-0.1, -0.05) is 18.2 Å². The van der Waals surface area contributed by atoms with Crippen LogP contribution in [0.15, 0.2) is 36.5 Å². The summed E-state index contributed by atoms with van der Waals surface area (Å²) in [4.78, 5) is 0. The summed E-state index contributed by atoms with van der Waals surface area (Å²) in [6.45, 7) is 5.09. The average molecular weight is 271 g/mol. The van der Waals surface area contributed by atoms with Crippen molar-refractivity contribution in [3.8, 4) is 5.75 Å². The van der Waals surface area contributed by atoms with Crippen LogP contribution in [0, 0.1) is 0 Å². The second-order valence-electron chi connectivity index (χ2n) is 5.98. The largest absolute Gasteiger partial charge is 0.487 e. The maximum atomic E-state index is 6.05. The minimum atomic E-state index is -0.140. The van der Waals surface area contributed by atoms with Crippen LogP contribution in [0.1, 0.15) is 37.6 Å². The first kappa shape index (κ1) is 13.2. The summed E-state index contributed by atoms with van der Waals surface area (Å²) in [5.41, 5.74) is 2.29. The lowest BCUT2D eigenvalue weighted by molar-refractivity contribution is 0.0656. The lowest BCUT2D eigenvalue weighted by atomic mass is 9.89. The van der Waals surface area contributed by atoms with Gasteiger partial charge in [0.1, 0.15) is 11.4 Å². The predicted octanol–water partition coefficient (Wildman–Crippen LogP) is 2.81. The lowest BCUT2D eigenvalue weighted by Gasteiger charge is -2.38. The second-order valence-corrected chi connectivity index (χ2v) is 5.98. The number of para-hydroxylation sites is 1. The fourth-order valence-electron chi connectivity index (χ4n) is 2.79. The first-order valence-electron chi connectivity index (χ1n) is 7.03. The Balaban J connectivity index is 1.80. The van der Waals surface area contributed by atoms with E-state index in [-0.39, 0.29) is 5.60 Å². The second kappa shape index (κ2) is 4.94. The molecule has 1 atom stereocenters. The molecule has 20 heavy (non-hydrogen) atoms. The van der Waals surface area contributed by atoms with Gasteiger partial charge in [-0.2, -0.15) is 5.10 Å². The molecule has 0 spiro atoms. The number of aromatic nitrogens is 2. The fraction of sp³-hybridized carbons (Fsp3) is 0.438. The van der Waals surface area contributed by atoms with Crippen molar-refractivity contribution in [3.05, 3.63) is 47.8 Å². The van der Waals surface area contributed by atoms with Crippen molar-refractivity contribution in [1.29, 1.82) is 0 Å². The van der Waals surface area contributed by atoms with Crippen molar-refractivity contribution in [1.82, 2.24) is 15.1 Å². The van der Waals surface area contributed by atoms with Gasteiger partial charge in [-0.25, -0.2) is 0 Å². The number of hydrogen-bond acceptors (Lipinski definition) is 3. The van der Waals surface area contributed by atoms with E-state index in [4.69, 9.17) is 4.74 Å². The lowest BCUT2D eigenvalue weighted by Crippen LogP contribution is -2.39. The normalized spacial score (nSPS) is 20.2. The number of benzene rings is 1. The van der Waals surface area contributed by atoms with Crippen molar-refractivity contribution in [2.45, 2.75) is 38.5 Å². The molecule has 3 rings (SSSR count). The topological polar surface area (TPSA) is 39.1 Å². The highest BCUT2D eigenvalue weighted by atomic mass is 16.5. The highest BCUT2D eigenvalue weighted by Gasteiger charge is 2.33. The van der Waals surface area contributed by atoms with E-state index in [0.717, 1.165) is 18.7 Å². The highest BCUT2D eigenvalue weighted by molar-refractivity contribution is 5.38. The maximum absolute atomic E-state index is 6.05. The number of hydrogen-bond donors (Lipinski definition) is 1. The van der Waals surface area contributed by atoms with Crippen LogP contribution in [-0.4, -0.2) is 15.4 Å². The Labute approximate surface area is 119 Å². The summed E-state index contributed by atoms with van der Waals surface area (Å²) < 4.78 is 7.96. The zero-order valence-corrected chi connectivity index (χ0v) is 12.3. The molecule has 0 saturated heterocycles. The van der Waals surface area contributed by atoms with Crippen LogP contribution in [0.3, 0.4) is 0 Å². The Bertz CT molecular complexity index is 603. The van der Waals surface area contributed by atoms with Gasteiger partial charge in [0.2, 0.25) is 0 Å². The van der Waals surface area contributed by atoms with Crippen LogP contribution in [0.4, 0.5) is 0 Å². The number of rotatable bonds is 3. The number of nitrogens with zero attached hydrogens (tertiary/aromatic N) is 2. The minimum Gasteiger partial charge on any atom is -0.487 e. The summed E-state index contributed by atoms with van der Waals surface area (Å²) in [6.07, 6.45) is 2.79. The minimum absolute atomic E-state index is 0.140. The Morgan fingerprint density at radius 2 is 2.15 bits per heavy atom. The molecule has 1 N–H and O–H groups in total. The third-order valence-corrected chi connectivity index (χ3v) is 3.83. The van der Waals surface area contributed by atoms with Crippen LogP contribution in [-0.2, 0) is 13.6 Å². The molecule has 2 heterocycles. The third-order valence-electron chi connectivity index (χ3n) is 3.83. The maximum Gasteiger partial charge on any atom is 0.124 e. The molecule has 1 aliphatic heterocycles. The number of ether oxygens (including phenoxy) is 1. The third kappa shape index (κ3) is 2.56. The van der Waals surface area contributed by atoms with Gasteiger partial charge in [-0.3, -0.25) is 4.68 Å². The van der Waals surface area contributed by atoms with E-state index in [2.05, 4.69) is 42.5 Å². The SMILES string of the molecule is Cn1nccc1CNC1CC(C)(C)Oc2ccccc21. The monoisotopic (exact) mass is 271 g/mol. The molecule has 106 valence electrons. The Hall–Kier alpha value is -1.81. The summed E-state index contributed by atoms with van der Waals surface area (Å²) in [5.74, 6) is 0.992. The summed E-state index contributed by atoms with van der Waals surface area (Å²) in [7, 11) is 1.97. The van der Waals surface area contributed by atoms with Crippen LogP contribution < -0.4 is 10.1 Å². The molecule has 0 saturated carbocycles. The molecule has 2 aromatic rings. The van der Waals surface area contributed by atoms with Crippen LogP contribution in [0.25, 0.3) is 0 Å². The average Bonchev–Trinajstić information content (AvgIpc) is 2.80. The van der Waals surface area contributed by atoms with E-state index < -0.39 is 0 Å². The molecule has 1 aliphatic rings. The molecule has 0 bridgehead atoms. The molecule has 4 nitrogen and oxygen atoms in total. The van der Waals surface area contributed by atoms with Gasteiger partial charge in [0.25, 0.3) is 0 Å². The van der Waals surface area contributed by atoms with Gasteiger partial charge in [-0.05, 0) is 26.0 Å². The summed E-state index contributed by atoms with van der Waals surface area (Å²) in [5, 5.41) is 7.84. The quantitative estimate of drug-likeness (QED) is 0.933. The van der Waals surface area contributed by atoms with Gasteiger partial charge < -0.3 is 10.1 Å². The van der Waals surface area contributed by atoms with Crippen molar-refractivity contribution in [2.75, 3.05) is 0 Å². The first-order valence-corrected chi connectivity index (χ1v) is 7.03. The smallest absolute Gasteiger partial charge is 0.124 e. The molecule has 1 unspecified atom stereocenters. The van der Waals surface area contributed by atoms with Crippen molar-refractivity contribution in [2.24, 2.45) is 7.05 Å². The summed E-state index contributed by atoms with van der Waals surface area (Å²) >= 11 is 0. The Kier molecular flexibility index (Phi) is 3.26. The van der Waals surface area contributed by atoms with Crippen molar-refractivity contribution < 1.29 is 4.74 Å². The fourth-order valence-corrected chi connectivity index (χ4v) is 2.79. The Morgan fingerprint density at radius 3 is 2.90 bits per heavy atom. The van der Waals surface area contributed by atoms with E-state index in [1.165, 1.54) is 11.3 Å². The predicted molar refractivity (Wildman–Crippen MR) is 78.6 cm³/mol.